The minimum absolute atomic E-state index is 0.0881. The zero-order chi connectivity index (χ0) is 14.9. The van der Waals surface area contributed by atoms with Crippen molar-refractivity contribution in [2.75, 3.05) is 0 Å². The second kappa shape index (κ2) is 5.24. The minimum atomic E-state index is -0.998. The van der Waals surface area contributed by atoms with Crippen molar-refractivity contribution in [1.82, 2.24) is 15.8 Å². The number of hydrogen-bond donors (Lipinski definition) is 2. The zero-order valence-corrected chi connectivity index (χ0v) is 12.7. The molecule has 4 amide bonds. The van der Waals surface area contributed by atoms with E-state index in [1.807, 2.05) is 12.1 Å². The van der Waals surface area contributed by atoms with E-state index in [0.29, 0.717) is 0 Å². The summed E-state index contributed by atoms with van der Waals surface area (Å²) in [4.78, 5) is 35.4. The molecule has 7 heteroatoms. The standard InChI is InChI=1S/C13H14BrN3O3/c1-13(2)11(19)17(12(20)15-13)16-10(18)7-8-3-5-9(14)6-4-8/h3-6H,7H2,1-2H3,(H,15,20)(H,16,18). The van der Waals surface area contributed by atoms with Gasteiger partial charge in [-0.15, -0.1) is 0 Å². The molecule has 0 saturated carbocycles. The Kier molecular flexibility index (Phi) is 3.80. The first-order valence-electron chi connectivity index (χ1n) is 6.00. The highest BCUT2D eigenvalue weighted by Crippen LogP contribution is 2.15. The van der Waals surface area contributed by atoms with E-state index < -0.39 is 23.4 Å². The smallest absolute Gasteiger partial charge is 0.322 e. The Hall–Kier alpha value is -1.89. The molecule has 0 radical (unpaired) electrons. The van der Waals surface area contributed by atoms with Gasteiger partial charge >= 0.3 is 6.03 Å². The number of hydrogen-bond acceptors (Lipinski definition) is 3. The van der Waals surface area contributed by atoms with E-state index in [2.05, 4.69) is 26.7 Å². The molecule has 20 heavy (non-hydrogen) atoms. The summed E-state index contributed by atoms with van der Waals surface area (Å²) >= 11 is 3.30. The highest BCUT2D eigenvalue weighted by Gasteiger charge is 2.45. The Morgan fingerprint density at radius 2 is 1.90 bits per heavy atom. The van der Waals surface area contributed by atoms with Gasteiger partial charge in [-0.3, -0.25) is 15.0 Å². The molecule has 1 heterocycles. The molecular formula is C13H14BrN3O3. The summed E-state index contributed by atoms with van der Waals surface area (Å²) in [6, 6.07) is 6.60. The van der Waals surface area contributed by atoms with Gasteiger partial charge in [0.25, 0.3) is 5.91 Å². The fraction of sp³-hybridized carbons (Fsp3) is 0.308. The van der Waals surface area contributed by atoms with Crippen molar-refractivity contribution in [1.29, 1.82) is 0 Å². The Morgan fingerprint density at radius 1 is 1.30 bits per heavy atom. The number of benzene rings is 1. The third-order valence-electron chi connectivity index (χ3n) is 2.87. The van der Waals surface area contributed by atoms with E-state index in [0.717, 1.165) is 15.0 Å². The molecule has 0 bridgehead atoms. The van der Waals surface area contributed by atoms with Crippen LogP contribution >= 0.6 is 15.9 Å². The summed E-state index contributed by atoms with van der Waals surface area (Å²) in [5, 5.41) is 3.21. The third kappa shape index (κ3) is 2.98. The van der Waals surface area contributed by atoms with Crippen molar-refractivity contribution in [3.05, 3.63) is 34.3 Å². The third-order valence-corrected chi connectivity index (χ3v) is 3.40. The molecule has 2 rings (SSSR count). The van der Waals surface area contributed by atoms with Crippen LogP contribution in [0.15, 0.2) is 28.7 Å². The van der Waals surface area contributed by atoms with Crippen LogP contribution < -0.4 is 10.7 Å². The molecule has 0 aromatic heterocycles. The second-order valence-corrected chi connectivity index (χ2v) is 5.95. The summed E-state index contributed by atoms with van der Waals surface area (Å²) in [6.45, 7) is 3.15. The van der Waals surface area contributed by atoms with Crippen LogP contribution in [0.5, 0.6) is 0 Å². The molecule has 2 N–H and O–H groups in total. The molecule has 0 unspecified atom stereocenters. The summed E-state index contributed by atoms with van der Waals surface area (Å²) in [6.07, 6.45) is 0.0881. The topological polar surface area (TPSA) is 78.5 Å². The Balaban J connectivity index is 2.00. The maximum atomic E-state index is 11.9. The highest BCUT2D eigenvalue weighted by atomic mass is 79.9. The highest BCUT2D eigenvalue weighted by molar-refractivity contribution is 9.10. The lowest BCUT2D eigenvalue weighted by atomic mass is 10.1. The lowest BCUT2D eigenvalue weighted by molar-refractivity contribution is -0.138. The van der Waals surface area contributed by atoms with Gasteiger partial charge < -0.3 is 5.32 Å². The lowest BCUT2D eigenvalue weighted by Gasteiger charge is -2.16. The zero-order valence-electron chi connectivity index (χ0n) is 11.1. The van der Waals surface area contributed by atoms with E-state index >= 15 is 0 Å². The fourth-order valence-corrected chi connectivity index (χ4v) is 2.07. The number of carbonyl (C=O) groups is 3. The number of carbonyl (C=O) groups excluding carboxylic acids is 3. The molecule has 1 aromatic carbocycles. The molecule has 0 spiro atoms. The average Bonchev–Trinajstić information content (AvgIpc) is 2.55. The molecule has 1 fully saturated rings. The van der Waals surface area contributed by atoms with Gasteiger partial charge in [0.05, 0.1) is 6.42 Å². The molecule has 1 aliphatic heterocycles. The van der Waals surface area contributed by atoms with Gasteiger partial charge in [-0.25, -0.2) is 4.79 Å². The lowest BCUT2D eigenvalue weighted by Crippen LogP contribution is -2.48. The molecule has 0 atom stereocenters. The monoisotopic (exact) mass is 339 g/mol. The number of urea groups is 1. The summed E-state index contributed by atoms with van der Waals surface area (Å²) in [5.74, 6) is -0.903. The van der Waals surface area contributed by atoms with Gasteiger partial charge in [-0.2, -0.15) is 5.01 Å². The van der Waals surface area contributed by atoms with E-state index in [1.54, 1.807) is 26.0 Å². The molecule has 1 aromatic rings. The number of hydrazine groups is 1. The van der Waals surface area contributed by atoms with Crippen molar-refractivity contribution >= 4 is 33.8 Å². The molecule has 106 valence electrons. The van der Waals surface area contributed by atoms with Gasteiger partial charge in [-0.05, 0) is 31.5 Å². The maximum Gasteiger partial charge on any atom is 0.344 e. The number of nitrogens with zero attached hydrogens (tertiary/aromatic N) is 1. The van der Waals surface area contributed by atoms with Crippen LogP contribution in [0, 0.1) is 0 Å². The molecule has 0 aliphatic carbocycles. The largest absolute Gasteiger partial charge is 0.344 e. The number of halogens is 1. The first kappa shape index (κ1) is 14.5. The predicted molar refractivity (Wildman–Crippen MR) is 75.4 cm³/mol. The summed E-state index contributed by atoms with van der Waals surface area (Å²) in [5.41, 5.74) is 2.11. The van der Waals surface area contributed by atoms with Crippen LogP contribution in [0.1, 0.15) is 19.4 Å². The van der Waals surface area contributed by atoms with Crippen LogP contribution in [0.2, 0.25) is 0 Å². The molecule has 6 nitrogen and oxygen atoms in total. The van der Waals surface area contributed by atoms with E-state index in [-0.39, 0.29) is 6.42 Å². The van der Waals surface area contributed by atoms with Crippen molar-refractivity contribution < 1.29 is 14.4 Å². The number of nitrogens with one attached hydrogen (secondary N) is 2. The Morgan fingerprint density at radius 3 is 2.40 bits per heavy atom. The van der Waals surface area contributed by atoms with Gasteiger partial charge in [-0.1, -0.05) is 28.1 Å². The maximum absolute atomic E-state index is 11.9. The molecule has 1 aliphatic rings. The van der Waals surface area contributed by atoms with E-state index in [9.17, 15) is 14.4 Å². The summed E-state index contributed by atoms with van der Waals surface area (Å²) < 4.78 is 0.914. The first-order valence-corrected chi connectivity index (χ1v) is 6.79. The van der Waals surface area contributed by atoms with Crippen LogP contribution in [-0.2, 0) is 16.0 Å². The Labute approximate surface area is 124 Å². The van der Waals surface area contributed by atoms with Crippen LogP contribution in [0.25, 0.3) is 0 Å². The molecule has 1 saturated heterocycles. The van der Waals surface area contributed by atoms with Gasteiger partial charge in [0.2, 0.25) is 5.91 Å². The number of rotatable bonds is 3. The minimum Gasteiger partial charge on any atom is -0.322 e. The van der Waals surface area contributed by atoms with Crippen molar-refractivity contribution in [2.45, 2.75) is 25.8 Å². The van der Waals surface area contributed by atoms with E-state index in [1.165, 1.54) is 0 Å². The average molecular weight is 340 g/mol. The van der Waals surface area contributed by atoms with Crippen molar-refractivity contribution in [2.24, 2.45) is 0 Å². The van der Waals surface area contributed by atoms with Crippen LogP contribution in [0.4, 0.5) is 4.79 Å². The number of amides is 4. The van der Waals surface area contributed by atoms with Gasteiger partial charge in [0.15, 0.2) is 0 Å². The number of imide groups is 1. The van der Waals surface area contributed by atoms with Crippen molar-refractivity contribution in [3.8, 4) is 0 Å². The van der Waals surface area contributed by atoms with Crippen LogP contribution in [-0.4, -0.2) is 28.4 Å². The summed E-state index contributed by atoms with van der Waals surface area (Å²) in [7, 11) is 0. The predicted octanol–water partition coefficient (Wildman–Crippen LogP) is 1.35. The second-order valence-electron chi connectivity index (χ2n) is 5.03. The SMILES string of the molecule is CC1(C)NC(=O)N(NC(=O)Cc2ccc(Br)cc2)C1=O. The normalized spacial score (nSPS) is 17.1. The molecular weight excluding hydrogens is 326 g/mol. The van der Waals surface area contributed by atoms with Gasteiger partial charge in [0.1, 0.15) is 5.54 Å². The van der Waals surface area contributed by atoms with E-state index in [4.69, 9.17) is 0 Å². The van der Waals surface area contributed by atoms with Gasteiger partial charge in [0, 0.05) is 4.47 Å². The first-order chi connectivity index (χ1) is 9.29. The quantitative estimate of drug-likeness (QED) is 0.816. The fourth-order valence-electron chi connectivity index (χ4n) is 1.80. The van der Waals surface area contributed by atoms with Crippen molar-refractivity contribution in [3.63, 3.8) is 0 Å². The Bertz CT molecular complexity index is 569. The van der Waals surface area contributed by atoms with Crippen LogP contribution in [0.3, 0.4) is 0 Å².